The standard InChI is InChI=1S/C15H18N2O3/c1-3-8-16-9-10-17(15(19)14(16)18)11-12-4-6-13(20-2)7-5-12/h4-7,9-10H,3,8,11H2,1-2H3. The van der Waals surface area contributed by atoms with Gasteiger partial charge in [-0.3, -0.25) is 9.59 Å². The summed E-state index contributed by atoms with van der Waals surface area (Å²) >= 11 is 0. The first-order chi connectivity index (χ1) is 9.65. The maximum Gasteiger partial charge on any atom is 0.316 e. The van der Waals surface area contributed by atoms with E-state index in [4.69, 9.17) is 4.74 Å². The zero-order chi connectivity index (χ0) is 14.5. The molecule has 1 heterocycles. The number of benzene rings is 1. The van der Waals surface area contributed by atoms with Crippen molar-refractivity contribution in [2.75, 3.05) is 7.11 Å². The van der Waals surface area contributed by atoms with Crippen molar-refractivity contribution in [3.63, 3.8) is 0 Å². The van der Waals surface area contributed by atoms with Crippen LogP contribution in [0.4, 0.5) is 0 Å². The smallest absolute Gasteiger partial charge is 0.316 e. The van der Waals surface area contributed by atoms with Crippen LogP contribution in [0.1, 0.15) is 18.9 Å². The molecule has 106 valence electrons. The third kappa shape index (κ3) is 2.99. The quantitative estimate of drug-likeness (QED) is 0.776. The highest BCUT2D eigenvalue weighted by atomic mass is 16.5. The second-order valence-electron chi connectivity index (χ2n) is 4.58. The summed E-state index contributed by atoms with van der Waals surface area (Å²) < 4.78 is 7.96. The summed E-state index contributed by atoms with van der Waals surface area (Å²) in [5.41, 5.74) is -0.0137. The molecule has 0 bridgehead atoms. The molecule has 1 aromatic heterocycles. The minimum Gasteiger partial charge on any atom is -0.497 e. The third-order valence-corrected chi connectivity index (χ3v) is 3.11. The molecule has 0 saturated heterocycles. The number of hydrogen-bond acceptors (Lipinski definition) is 3. The largest absolute Gasteiger partial charge is 0.497 e. The molecule has 0 radical (unpaired) electrons. The summed E-state index contributed by atoms with van der Waals surface area (Å²) in [6, 6.07) is 7.42. The molecule has 0 fully saturated rings. The van der Waals surface area contributed by atoms with Crippen LogP contribution in [0.3, 0.4) is 0 Å². The predicted molar refractivity (Wildman–Crippen MR) is 77.3 cm³/mol. The first kappa shape index (κ1) is 14.1. The second-order valence-corrected chi connectivity index (χ2v) is 4.58. The van der Waals surface area contributed by atoms with E-state index in [2.05, 4.69) is 0 Å². The normalized spacial score (nSPS) is 10.5. The highest BCUT2D eigenvalue weighted by molar-refractivity contribution is 5.27. The van der Waals surface area contributed by atoms with Crippen molar-refractivity contribution < 1.29 is 4.74 Å². The predicted octanol–water partition coefficient (Wildman–Crippen LogP) is 1.48. The maximum atomic E-state index is 12.0. The van der Waals surface area contributed by atoms with Crippen molar-refractivity contribution in [2.45, 2.75) is 26.4 Å². The summed E-state index contributed by atoms with van der Waals surface area (Å²) in [6.07, 6.45) is 4.14. The van der Waals surface area contributed by atoms with E-state index in [0.29, 0.717) is 13.1 Å². The van der Waals surface area contributed by atoms with Gasteiger partial charge in [-0.1, -0.05) is 19.1 Å². The monoisotopic (exact) mass is 274 g/mol. The summed E-state index contributed by atoms with van der Waals surface area (Å²) in [5, 5.41) is 0. The SMILES string of the molecule is CCCn1ccn(Cc2ccc(OC)cc2)c(=O)c1=O. The van der Waals surface area contributed by atoms with Gasteiger partial charge in [-0.25, -0.2) is 0 Å². The van der Waals surface area contributed by atoms with Crippen LogP contribution in [-0.4, -0.2) is 16.2 Å². The van der Waals surface area contributed by atoms with Crippen molar-refractivity contribution in [2.24, 2.45) is 0 Å². The number of hydrogen-bond donors (Lipinski definition) is 0. The van der Waals surface area contributed by atoms with E-state index in [1.54, 1.807) is 19.5 Å². The van der Waals surface area contributed by atoms with E-state index in [1.165, 1.54) is 9.13 Å². The minimum atomic E-state index is -0.489. The van der Waals surface area contributed by atoms with Crippen molar-refractivity contribution >= 4 is 0 Å². The molecular formula is C15H18N2O3. The van der Waals surface area contributed by atoms with Crippen LogP contribution in [0, 0.1) is 0 Å². The van der Waals surface area contributed by atoms with Crippen LogP contribution in [0.5, 0.6) is 5.75 Å². The zero-order valence-corrected chi connectivity index (χ0v) is 11.7. The van der Waals surface area contributed by atoms with Crippen molar-refractivity contribution in [1.29, 1.82) is 0 Å². The average Bonchev–Trinajstić information content (AvgIpc) is 2.48. The van der Waals surface area contributed by atoms with Crippen LogP contribution < -0.4 is 15.9 Å². The van der Waals surface area contributed by atoms with Crippen molar-refractivity contribution in [3.05, 3.63) is 62.9 Å². The second kappa shape index (κ2) is 6.23. The van der Waals surface area contributed by atoms with Gasteiger partial charge < -0.3 is 13.9 Å². The lowest BCUT2D eigenvalue weighted by Gasteiger charge is -2.08. The number of ether oxygens (including phenoxy) is 1. The Balaban J connectivity index is 2.27. The van der Waals surface area contributed by atoms with E-state index in [0.717, 1.165) is 17.7 Å². The molecule has 0 aliphatic carbocycles. The lowest BCUT2D eigenvalue weighted by Crippen LogP contribution is -2.40. The molecule has 20 heavy (non-hydrogen) atoms. The average molecular weight is 274 g/mol. The van der Waals surface area contributed by atoms with Gasteiger partial charge in [0.25, 0.3) is 0 Å². The molecule has 0 amide bonds. The fraction of sp³-hybridized carbons (Fsp3) is 0.333. The first-order valence-corrected chi connectivity index (χ1v) is 6.58. The highest BCUT2D eigenvalue weighted by Crippen LogP contribution is 2.11. The highest BCUT2D eigenvalue weighted by Gasteiger charge is 2.05. The van der Waals surface area contributed by atoms with Crippen molar-refractivity contribution in [1.82, 2.24) is 9.13 Å². The van der Waals surface area contributed by atoms with E-state index < -0.39 is 11.1 Å². The number of aromatic nitrogens is 2. The molecule has 0 aliphatic heterocycles. The van der Waals surface area contributed by atoms with Crippen molar-refractivity contribution in [3.8, 4) is 5.75 Å². The summed E-state index contributed by atoms with van der Waals surface area (Å²) in [4.78, 5) is 23.9. The van der Waals surface area contributed by atoms with Crippen LogP contribution in [0.25, 0.3) is 0 Å². The van der Waals surface area contributed by atoms with Gasteiger partial charge in [-0.2, -0.15) is 0 Å². The Bertz CT molecular complexity index is 684. The molecule has 1 aromatic carbocycles. The van der Waals surface area contributed by atoms with Gasteiger partial charge in [-0.05, 0) is 24.1 Å². The first-order valence-electron chi connectivity index (χ1n) is 6.58. The van der Waals surface area contributed by atoms with Gasteiger partial charge in [0.05, 0.1) is 13.7 Å². The maximum absolute atomic E-state index is 12.0. The molecular weight excluding hydrogens is 256 g/mol. The molecule has 2 aromatic rings. The topological polar surface area (TPSA) is 53.2 Å². The summed E-state index contributed by atoms with van der Waals surface area (Å²) in [5.74, 6) is 0.763. The van der Waals surface area contributed by atoms with Gasteiger partial charge >= 0.3 is 11.1 Å². The van der Waals surface area contributed by atoms with Gasteiger partial charge in [0.1, 0.15) is 5.75 Å². The third-order valence-electron chi connectivity index (χ3n) is 3.11. The van der Waals surface area contributed by atoms with E-state index in [1.807, 2.05) is 31.2 Å². The molecule has 0 unspecified atom stereocenters. The zero-order valence-electron chi connectivity index (χ0n) is 11.7. The fourth-order valence-electron chi connectivity index (χ4n) is 2.01. The number of methoxy groups -OCH3 is 1. The van der Waals surface area contributed by atoms with Gasteiger partial charge in [0.2, 0.25) is 0 Å². The van der Waals surface area contributed by atoms with E-state index >= 15 is 0 Å². The Morgan fingerprint density at radius 1 is 1.00 bits per heavy atom. The fourth-order valence-corrected chi connectivity index (χ4v) is 2.01. The van der Waals surface area contributed by atoms with Gasteiger partial charge in [-0.15, -0.1) is 0 Å². The number of nitrogens with zero attached hydrogens (tertiary/aromatic N) is 2. The lowest BCUT2D eigenvalue weighted by atomic mass is 10.2. The van der Waals surface area contributed by atoms with Crippen LogP contribution in [-0.2, 0) is 13.1 Å². The van der Waals surface area contributed by atoms with E-state index in [9.17, 15) is 9.59 Å². The molecule has 2 rings (SSSR count). The Morgan fingerprint density at radius 3 is 2.20 bits per heavy atom. The summed E-state index contributed by atoms with van der Waals surface area (Å²) in [7, 11) is 1.60. The minimum absolute atomic E-state index is 0.380. The summed E-state index contributed by atoms with van der Waals surface area (Å²) in [6.45, 7) is 2.91. The molecule has 0 spiro atoms. The van der Waals surface area contributed by atoms with E-state index in [-0.39, 0.29) is 0 Å². The molecule has 0 N–H and O–H groups in total. The van der Waals surface area contributed by atoms with Gasteiger partial charge in [0.15, 0.2) is 0 Å². The van der Waals surface area contributed by atoms with Crippen LogP contribution in [0.15, 0.2) is 46.2 Å². The molecule has 0 aliphatic rings. The Hall–Kier alpha value is -2.30. The Labute approximate surface area is 117 Å². The van der Waals surface area contributed by atoms with Crippen LogP contribution >= 0.6 is 0 Å². The molecule has 0 saturated carbocycles. The molecule has 5 heteroatoms. The van der Waals surface area contributed by atoms with Crippen LogP contribution in [0.2, 0.25) is 0 Å². The lowest BCUT2D eigenvalue weighted by molar-refractivity contribution is 0.414. The molecule has 0 atom stereocenters. The molecule has 5 nitrogen and oxygen atoms in total. The number of rotatable bonds is 5. The Kier molecular flexibility index (Phi) is 4.40. The van der Waals surface area contributed by atoms with Gasteiger partial charge in [0, 0.05) is 18.9 Å². The Morgan fingerprint density at radius 2 is 1.60 bits per heavy atom. The number of aryl methyl sites for hydroxylation is 1.